The zero-order valence-corrected chi connectivity index (χ0v) is 11.6. The summed E-state index contributed by atoms with van der Waals surface area (Å²) in [6, 6.07) is 4.44. The first-order chi connectivity index (χ1) is 9.29. The van der Waals surface area contributed by atoms with Gasteiger partial charge in [-0.1, -0.05) is 26.8 Å². The molecule has 2 heterocycles. The molecule has 20 heavy (non-hydrogen) atoms. The van der Waals surface area contributed by atoms with Crippen LogP contribution in [0, 0.1) is 5.41 Å². The first-order valence-electron chi connectivity index (χ1n) is 6.26. The van der Waals surface area contributed by atoms with Crippen molar-refractivity contribution in [2.24, 2.45) is 5.41 Å². The van der Waals surface area contributed by atoms with Crippen molar-refractivity contribution in [3.63, 3.8) is 0 Å². The molecular formula is C14H17N3O3. The van der Waals surface area contributed by atoms with Crippen LogP contribution in [0.1, 0.15) is 31.3 Å². The van der Waals surface area contributed by atoms with E-state index in [0.29, 0.717) is 5.65 Å². The van der Waals surface area contributed by atoms with Crippen LogP contribution in [0.4, 0.5) is 0 Å². The van der Waals surface area contributed by atoms with E-state index in [1.165, 1.54) is 0 Å². The van der Waals surface area contributed by atoms with Gasteiger partial charge in [0.25, 0.3) is 5.91 Å². The molecular weight excluding hydrogens is 258 g/mol. The minimum Gasteiger partial charge on any atom is -0.480 e. The Morgan fingerprint density at radius 3 is 2.60 bits per heavy atom. The summed E-state index contributed by atoms with van der Waals surface area (Å²) in [5.41, 5.74) is 0.257. The fourth-order valence-electron chi connectivity index (χ4n) is 1.90. The Bertz CT molecular complexity index is 622. The second kappa shape index (κ2) is 4.96. The largest absolute Gasteiger partial charge is 0.480 e. The number of hydrogen-bond donors (Lipinski definition) is 2. The van der Waals surface area contributed by atoms with Gasteiger partial charge in [0.1, 0.15) is 17.4 Å². The van der Waals surface area contributed by atoms with Crippen LogP contribution in [0.3, 0.4) is 0 Å². The Morgan fingerprint density at radius 1 is 1.35 bits per heavy atom. The molecule has 0 aromatic carbocycles. The molecule has 0 fully saturated rings. The van der Waals surface area contributed by atoms with E-state index >= 15 is 0 Å². The minimum absolute atomic E-state index is 0.201. The van der Waals surface area contributed by atoms with E-state index in [-0.39, 0.29) is 5.69 Å². The molecule has 1 unspecified atom stereocenters. The third kappa shape index (κ3) is 2.79. The second-order valence-electron chi connectivity index (χ2n) is 5.70. The first-order valence-corrected chi connectivity index (χ1v) is 6.26. The highest BCUT2D eigenvalue weighted by molar-refractivity contribution is 5.95. The van der Waals surface area contributed by atoms with Crippen molar-refractivity contribution < 1.29 is 14.7 Å². The normalized spacial score (nSPS) is 13.2. The maximum Gasteiger partial charge on any atom is 0.326 e. The van der Waals surface area contributed by atoms with Crippen LogP contribution < -0.4 is 5.32 Å². The van der Waals surface area contributed by atoms with Crippen LogP contribution in [0.5, 0.6) is 0 Å². The van der Waals surface area contributed by atoms with E-state index in [1.54, 1.807) is 43.6 Å². The van der Waals surface area contributed by atoms with Gasteiger partial charge in [-0.2, -0.15) is 0 Å². The van der Waals surface area contributed by atoms with Crippen molar-refractivity contribution in [1.82, 2.24) is 14.7 Å². The molecule has 2 rings (SSSR count). The number of carboxylic acid groups (broad SMARTS) is 1. The van der Waals surface area contributed by atoms with Crippen LogP contribution in [0.15, 0.2) is 30.6 Å². The molecule has 0 bridgehead atoms. The van der Waals surface area contributed by atoms with Crippen LogP contribution in [-0.2, 0) is 4.79 Å². The van der Waals surface area contributed by atoms with Crippen molar-refractivity contribution in [3.05, 3.63) is 36.3 Å². The molecule has 0 radical (unpaired) electrons. The van der Waals surface area contributed by atoms with Gasteiger partial charge < -0.3 is 14.8 Å². The van der Waals surface area contributed by atoms with Crippen molar-refractivity contribution in [3.8, 4) is 0 Å². The van der Waals surface area contributed by atoms with E-state index < -0.39 is 23.3 Å². The molecule has 0 aliphatic carbocycles. The van der Waals surface area contributed by atoms with Gasteiger partial charge in [-0.25, -0.2) is 9.78 Å². The second-order valence-corrected chi connectivity index (χ2v) is 5.70. The number of aromatic nitrogens is 2. The van der Waals surface area contributed by atoms with E-state index in [9.17, 15) is 14.7 Å². The van der Waals surface area contributed by atoms with Gasteiger partial charge in [0.15, 0.2) is 0 Å². The number of amides is 1. The molecule has 1 amide bonds. The predicted molar refractivity (Wildman–Crippen MR) is 73.5 cm³/mol. The summed E-state index contributed by atoms with van der Waals surface area (Å²) >= 11 is 0. The van der Waals surface area contributed by atoms with Crippen LogP contribution in [0.2, 0.25) is 0 Å². The molecule has 0 saturated heterocycles. The van der Waals surface area contributed by atoms with E-state index in [2.05, 4.69) is 10.3 Å². The average molecular weight is 275 g/mol. The zero-order chi connectivity index (χ0) is 14.9. The Kier molecular flexibility index (Phi) is 3.48. The summed E-state index contributed by atoms with van der Waals surface area (Å²) in [4.78, 5) is 27.5. The molecule has 0 spiro atoms. The van der Waals surface area contributed by atoms with Gasteiger partial charge in [-0.05, 0) is 17.5 Å². The fourth-order valence-corrected chi connectivity index (χ4v) is 1.90. The first kappa shape index (κ1) is 14.0. The van der Waals surface area contributed by atoms with Crippen molar-refractivity contribution in [2.75, 3.05) is 0 Å². The molecule has 0 aliphatic heterocycles. The molecule has 2 aromatic rings. The smallest absolute Gasteiger partial charge is 0.326 e. The van der Waals surface area contributed by atoms with Crippen LogP contribution >= 0.6 is 0 Å². The summed E-state index contributed by atoms with van der Waals surface area (Å²) in [6.45, 7) is 5.28. The lowest BCUT2D eigenvalue weighted by Crippen LogP contribution is -2.49. The van der Waals surface area contributed by atoms with Gasteiger partial charge in [0.05, 0.1) is 0 Å². The molecule has 6 nitrogen and oxygen atoms in total. The highest BCUT2D eigenvalue weighted by Gasteiger charge is 2.33. The number of imidazole rings is 1. The summed E-state index contributed by atoms with van der Waals surface area (Å²) in [7, 11) is 0. The monoisotopic (exact) mass is 275 g/mol. The maximum atomic E-state index is 12.1. The number of aliphatic carboxylic acids is 1. The standard InChI is InChI=1S/C14H17N3O3/c1-14(2,3)11(13(19)20)16-12(18)9-8-17-7-5-4-6-10(17)15-9/h4-8,11H,1-3H3,(H,16,18)(H,19,20). The minimum atomic E-state index is -1.06. The van der Waals surface area contributed by atoms with Gasteiger partial charge in [0, 0.05) is 12.4 Å². The van der Waals surface area contributed by atoms with Crippen molar-refractivity contribution in [1.29, 1.82) is 0 Å². The molecule has 2 N–H and O–H groups in total. The molecule has 2 aromatic heterocycles. The van der Waals surface area contributed by atoms with Crippen molar-refractivity contribution in [2.45, 2.75) is 26.8 Å². The summed E-state index contributed by atoms with van der Waals surface area (Å²) in [6.07, 6.45) is 3.35. The van der Waals surface area contributed by atoms with Gasteiger partial charge in [-0.15, -0.1) is 0 Å². The molecule has 1 atom stereocenters. The lowest BCUT2D eigenvalue weighted by Gasteiger charge is -2.27. The van der Waals surface area contributed by atoms with E-state index in [1.807, 2.05) is 12.1 Å². The third-order valence-corrected chi connectivity index (χ3v) is 2.99. The summed E-state index contributed by atoms with van der Waals surface area (Å²) in [5, 5.41) is 11.7. The number of carbonyl (C=O) groups excluding carboxylic acids is 1. The van der Waals surface area contributed by atoms with E-state index in [4.69, 9.17) is 0 Å². The lowest BCUT2D eigenvalue weighted by atomic mass is 9.87. The maximum absolute atomic E-state index is 12.1. The molecule has 0 saturated carbocycles. The Hall–Kier alpha value is -2.37. The number of fused-ring (bicyclic) bond motifs is 1. The highest BCUT2D eigenvalue weighted by atomic mass is 16.4. The SMILES string of the molecule is CC(C)(C)C(NC(=O)c1cn2ccccc2n1)C(=O)O. The lowest BCUT2D eigenvalue weighted by molar-refractivity contribution is -0.142. The number of nitrogens with one attached hydrogen (secondary N) is 1. The topological polar surface area (TPSA) is 83.7 Å². The Balaban J connectivity index is 2.24. The number of nitrogens with zero attached hydrogens (tertiary/aromatic N) is 2. The quantitative estimate of drug-likeness (QED) is 0.890. The summed E-state index contributed by atoms with van der Waals surface area (Å²) in [5.74, 6) is -1.55. The molecule has 6 heteroatoms. The Labute approximate surface area is 116 Å². The molecule has 106 valence electrons. The number of hydrogen-bond acceptors (Lipinski definition) is 3. The number of pyridine rings is 1. The Morgan fingerprint density at radius 2 is 2.05 bits per heavy atom. The van der Waals surface area contributed by atoms with Gasteiger partial charge in [-0.3, -0.25) is 4.79 Å². The average Bonchev–Trinajstić information content (AvgIpc) is 2.77. The molecule has 0 aliphatic rings. The number of carbonyl (C=O) groups is 2. The predicted octanol–water partition coefficient (Wildman–Crippen LogP) is 1.56. The van der Waals surface area contributed by atoms with E-state index in [0.717, 1.165) is 0 Å². The van der Waals surface area contributed by atoms with Crippen LogP contribution in [-0.4, -0.2) is 32.4 Å². The van der Waals surface area contributed by atoms with Crippen LogP contribution in [0.25, 0.3) is 5.65 Å². The summed E-state index contributed by atoms with van der Waals surface area (Å²) < 4.78 is 1.71. The third-order valence-electron chi connectivity index (χ3n) is 2.99. The zero-order valence-electron chi connectivity index (χ0n) is 11.6. The van der Waals surface area contributed by atoms with Crippen molar-refractivity contribution >= 4 is 17.5 Å². The fraction of sp³-hybridized carbons (Fsp3) is 0.357. The number of carboxylic acids is 1. The highest BCUT2D eigenvalue weighted by Crippen LogP contribution is 2.20. The van der Waals surface area contributed by atoms with Gasteiger partial charge >= 0.3 is 5.97 Å². The number of rotatable bonds is 3. The van der Waals surface area contributed by atoms with Gasteiger partial charge in [0.2, 0.25) is 0 Å².